The van der Waals surface area contributed by atoms with Gasteiger partial charge in [0.1, 0.15) is 28.1 Å². The average molecular weight is 493 g/mol. The summed E-state index contributed by atoms with van der Waals surface area (Å²) in [5, 5.41) is 2.66. The molecule has 0 aliphatic heterocycles. The van der Waals surface area contributed by atoms with E-state index in [0.717, 1.165) is 23.5 Å². The van der Waals surface area contributed by atoms with Crippen LogP contribution in [0.25, 0.3) is 0 Å². The van der Waals surface area contributed by atoms with Gasteiger partial charge in [-0.15, -0.1) is 11.3 Å². The molecule has 180 valence electrons. The van der Waals surface area contributed by atoms with Gasteiger partial charge in [0.15, 0.2) is 17.3 Å². The monoisotopic (exact) mass is 493 g/mol. The van der Waals surface area contributed by atoms with E-state index in [0.29, 0.717) is 11.6 Å². The smallest absolute Gasteiger partial charge is 0.348 e. The molecule has 1 aromatic carbocycles. The predicted molar refractivity (Wildman–Crippen MR) is 118 cm³/mol. The standard InChI is InChI=1S/C23H21F2NO7S/c1-4-30-22(28)18-12(3)19(23(29)31-5-2)34-21(18)26-20(27)17-9-7-14(33-17)11-32-16-8-6-13(24)10-15(16)25/h6-10H,4-5,11H2,1-3H3,(H,26,27). The molecule has 0 saturated carbocycles. The summed E-state index contributed by atoms with van der Waals surface area (Å²) in [5.41, 5.74) is 0.372. The molecular weight excluding hydrogens is 472 g/mol. The van der Waals surface area contributed by atoms with Crippen LogP contribution in [-0.4, -0.2) is 31.1 Å². The molecule has 8 nitrogen and oxygen atoms in total. The molecule has 0 bridgehead atoms. The summed E-state index contributed by atoms with van der Waals surface area (Å²) in [5.74, 6) is -3.71. The fraction of sp³-hybridized carbons (Fsp3) is 0.261. The number of amides is 1. The molecule has 2 heterocycles. The first kappa shape index (κ1) is 24.9. The van der Waals surface area contributed by atoms with Crippen molar-refractivity contribution in [1.29, 1.82) is 0 Å². The number of anilines is 1. The highest BCUT2D eigenvalue weighted by molar-refractivity contribution is 7.18. The van der Waals surface area contributed by atoms with Crippen LogP contribution < -0.4 is 10.1 Å². The average Bonchev–Trinajstić information content (AvgIpc) is 3.38. The molecule has 3 rings (SSSR count). The highest BCUT2D eigenvalue weighted by atomic mass is 32.1. The summed E-state index contributed by atoms with van der Waals surface area (Å²) >= 11 is 0.882. The van der Waals surface area contributed by atoms with Gasteiger partial charge in [0.25, 0.3) is 5.91 Å². The summed E-state index contributed by atoms with van der Waals surface area (Å²) < 4.78 is 47.5. The molecule has 0 atom stereocenters. The van der Waals surface area contributed by atoms with Crippen molar-refractivity contribution in [2.75, 3.05) is 18.5 Å². The molecule has 2 aromatic heterocycles. The summed E-state index contributed by atoms with van der Waals surface area (Å²) in [6.45, 7) is 4.88. The number of ether oxygens (including phenoxy) is 3. The second-order valence-corrected chi connectivity index (χ2v) is 7.81. The molecule has 1 N–H and O–H groups in total. The van der Waals surface area contributed by atoms with Crippen molar-refractivity contribution in [3.05, 3.63) is 69.5 Å². The largest absolute Gasteiger partial charge is 0.483 e. The normalized spacial score (nSPS) is 10.6. The van der Waals surface area contributed by atoms with E-state index in [-0.39, 0.29) is 52.5 Å². The first-order chi connectivity index (χ1) is 16.2. The van der Waals surface area contributed by atoms with Crippen molar-refractivity contribution >= 4 is 34.2 Å². The fourth-order valence-corrected chi connectivity index (χ4v) is 4.01. The number of halogens is 2. The van der Waals surface area contributed by atoms with E-state index in [2.05, 4.69) is 5.32 Å². The number of esters is 2. The van der Waals surface area contributed by atoms with Gasteiger partial charge in [0.05, 0.1) is 18.8 Å². The van der Waals surface area contributed by atoms with E-state index >= 15 is 0 Å². The minimum atomic E-state index is -0.874. The van der Waals surface area contributed by atoms with Crippen LogP contribution in [0.5, 0.6) is 5.75 Å². The highest BCUT2D eigenvalue weighted by Gasteiger charge is 2.28. The van der Waals surface area contributed by atoms with Gasteiger partial charge in [-0.1, -0.05) is 0 Å². The molecule has 0 fully saturated rings. The Labute approximate surface area is 197 Å². The van der Waals surface area contributed by atoms with Gasteiger partial charge in [0, 0.05) is 6.07 Å². The second-order valence-electron chi connectivity index (χ2n) is 6.78. The van der Waals surface area contributed by atoms with Crippen LogP contribution in [0.2, 0.25) is 0 Å². The van der Waals surface area contributed by atoms with E-state index in [9.17, 15) is 23.2 Å². The summed E-state index contributed by atoms with van der Waals surface area (Å²) in [6, 6.07) is 5.69. The Hall–Kier alpha value is -3.73. The van der Waals surface area contributed by atoms with Crippen LogP contribution in [0, 0.1) is 18.6 Å². The third-order valence-electron chi connectivity index (χ3n) is 4.46. The van der Waals surface area contributed by atoms with Crippen molar-refractivity contribution in [2.45, 2.75) is 27.4 Å². The predicted octanol–water partition coefficient (Wildman–Crippen LogP) is 5.11. The Balaban J connectivity index is 1.77. The Kier molecular flexibility index (Phi) is 8.00. The number of furan rings is 1. The zero-order valence-electron chi connectivity index (χ0n) is 18.5. The molecule has 0 radical (unpaired) electrons. The quantitative estimate of drug-likeness (QED) is 0.413. The van der Waals surface area contributed by atoms with E-state index in [4.69, 9.17) is 18.6 Å². The molecule has 11 heteroatoms. The van der Waals surface area contributed by atoms with Gasteiger partial charge in [-0.2, -0.15) is 0 Å². The van der Waals surface area contributed by atoms with E-state index in [1.165, 1.54) is 12.1 Å². The molecule has 0 saturated heterocycles. The Bertz CT molecular complexity index is 1220. The third kappa shape index (κ3) is 5.60. The molecule has 0 aliphatic rings. The number of hydrogen-bond acceptors (Lipinski definition) is 8. The molecule has 0 aliphatic carbocycles. The van der Waals surface area contributed by atoms with Gasteiger partial charge in [0.2, 0.25) is 0 Å². The zero-order valence-corrected chi connectivity index (χ0v) is 19.3. The van der Waals surface area contributed by atoms with Crippen molar-refractivity contribution < 1.29 is 41.8 Å². The van der Waals surface area contributed by atoms with Crippen LogP contribution in [0.4, 0.5) is 13.8 Å². The van der Waals surface area contributed by atoms with Crippen LogP contribution >= 0.6 is 11.3 Å². The molecular formula is C23H21F2NO7S. The number of carbonyl (C=O) groups is 3. The number of benzene rings is 1. The Morgan fingerprint density at radius 3 is 2.41 bits per heavy atom. The maximum atomic E-state index is 13.7. The van der Waals surface area contributed by atoms with Crippen molar-refractivity contribution in [3.63, 3.8) is 0 Å². The number of thiophene rings is 1. The molecule has 0 unspecified atom stereocenters. The maximum absolute atomic E-state index is 13.7. The maximum Gasteiger partial charge on any atom is 0.348 e. The van der Waals surface area contributed by atoms with Gasteiger partial charge in [-0.25, -0.2) is 18.4 Å². The SMILES string of the molecule is CCOC(=O)c1sc(NC(=O)c2ccc(COc3ccc(F)cc3F)o2)c(C(=O)OCC)c1C. The number of carbonyl (C=O) groups excluding carboxylic acids is 3. The topological polar surface area (TPSA) is 104 Å². The van der Waals surface area contributed by atoms with Gasteiger partial charge >= 0.3 is 11.9 Å². The van der Waals surface area contributed by atoms with Crippen LogP contribution in [0.3, 0.4) is 0 Å². The number of hydrogen-bond donors (Lipinski definition) is 1. The lowest BCUT2D eigenvalue weighted by atomic mass is 10.1. The molecule has 1 amide bonds. The lowest BCUT2D eigenvalue weighted by Gasteiger charge is -2.06. The molecule has 34 heavy (non-hydrogen) atoms. The number of rotatable bonds is 9. The molecule has 3 aromatic rings. The number of nitrogens with one attached hydrogen (secondary N) is 1. The minimum absolute atomic E-state index is 0.0464. The van der Waals surface area contributed by atoms with Crippen LogP contribution in [0.15, 0.2) is 34.7 Å². The Morgan fingerprint density at radius 2 is 1.74 bits per heavy atom. The second kappa shape index (κ2) is 10.9. The summed E-state index contributed by atoms with van der Waals surface area (Å²) in [4.78, 5) is 37.6. The van der Waals surface area contributed by atoms with Crippen molar-refractivity contribution in [3.8, 4) is 5.75 Å². The minimum Gasteiger partial charge on any atom is -0.483 e. The van der Waals surface area contributed by atoms with Gasteiger partial charge < -0.3 is 23.9 Å². The highest BCUT2D eigenvalue weighted by Crippen LogP contribution is 2.34. The Morgan fingerprint density at radius 1 is 1.03 bits per heavy atom. The third-order valence-corrected chi connectivity index (χ3v) is 5.65. The zero-order chi connectivity index (χ0) is 24.8. The molecule has 0 spiro atoms. The van der Waals surface area contributed by atoms with Gasteiger partial charge in [-0.05, 0) is 50.6 Å². The first-order valence-corrected chi connectivity index (χ1v) is 11.0. The van der Waals surface area contributed by atoms with E-state index < -0.39 is 29.5 Å². The lowest BCUT2D eigenvalue weighted by molar-refractivity contribution is 0.0527. The van der Waals surface area contributed by atoms with E-state index in [1.807, 2.05) is 0 Å². The summed E-state index contributed by atoms with van der Waals surface area (Å²) in [7, 11) is 0. The van der Waals surface area contributed by atoms with Crippen molar-refractivity contribution in [2.24, 2.45) is 0 Å². The van der Waals surface area contributed by atoms with Crippen LogP contribution in [-0.2, 0) is 16.1 Å². The van der Waals surface area contributed by atoms with Crippen LogP contribution in [0.1, 0.15) is 55.8 Å². The lowest BCUT2D eigenvalue weighted by Crippen LogP contribution is -2.14. The fourth-order valence-electron chi connectivity index (χ4n) is 2.93. The van der Waals surface area contributed by atoms with Crippen molar-refractivity contribution in [1.82, 2.24) is 0 Å². The van der Waals surface area contributed by atoms with E-state index in [1.54, 1.807) is 20.8 Å². The first-order valence-electron chi connectivity index (χ1n) is 10.2. The van der Waals surface area contributed by atoms with Gasteiger partial charge in [-0.3, -0.25) is 4.79 Å². The summed E-state index contributed by atoms with van der Waals surface area (Å²) in [6.07, 6.45) is 0.